The summed E-state index contributed by atoms with van der Waals surface area (Å²) in [5.74, 6) is 0.563. The standard InChI is InChI=1S/C15H19BrFNO/c1-10(2)8-18(15(19)11-3-4-11)9-12-7-13(17)5-6-14(12)16/h5-7,10-11H,3-4,8-9H2,1-2H3. The average molecular weight is 328 g/mol. The molecule has 1 aromatic carbocycles. The second kappa shape index (κ2) is 6.04. The van der Waals surface area contributed by atoms with Gasteiger partial charge >= 0.3 is 0 Å². The van der Waals surface area contributed by atoms with Crippen molar-refractivity contribution in [1.29, 1.82) is 0 Å². The fourth-order valence-electron chi connectivity index (χ4n) is 2.13. The number of halogens is 2. The number of hydrogen-bond donors (Lipinski definition) is 0. The van der Waals surface area contributed by atoms with E-state index in [4.69, 9.17) is 0 Å². The van der Waals surface area contributed by atoms with E-state index in [1.54, 1.807) is 6.07 Å². The number of amides is 1. The van der Waals surface area contributed by atoms with Gasteiger partial charge in [0.05, 0.1) is 0 Å². The van der Waals surface area contributed by atoms with Crippen molar-refractivity contribution in [3.63, 3.8) is 0 Å². The van der Waals surface area contributed by atoms with Gasteiger partial charge in [-0.05, 0) is 42.5 Å². The molecule has 1 amide bonds. The molecule has 4 heteroatoms. The smallest absolute Gasteiger partial charge is 0.225 e. The molecule has 2 rings (SSSR count). The Bertz CT molecular complexity index is 471. The van der Waals surface area contributed by atoms with Crippen molar-refractivity contribution in [2.45, 2.75) is 33.2 Å². The first-order valence-electron chi connectivity index (χ1n) is 6.70. The molecule has 1 aromatic rings. The Morgan fingerprint density at radius 2 is 2.16 bits per heavy atom. The number of carbonyl (C=O) groups is 1. The van der Waals surface area contributed by atoms with E-state index in [0.717, 1.165) is 29.4 Å². The molecule has 1 aliphatic carbocycles. The summed E-state index contributed by atoms with van der Waals surface area (Å²) in [6.07, 6.45) is 2.00. The molecule has 1 saturated carbocycles. The molecule has 0 bridgehead atoms. The second-order valence-corrected chi connectivity index (χ2v) is 6.48. The highest BCUT2D eigenvalue weighted by atomic mass is 79.9. The van der Waals surface area contributed by atoms with Crippen LogP contribution in [0.4, 0.5) is 4.39 Å². The van der Waals surface area contributed by atoms with Crippen molar-refractivity contribution in [2.75, 3.05) is 6.54 Å². The maximum atomic E-state index is 13.3. The monoisotopic (exact) mass is 327 g/mol. The van der Waals surface area contributed by atoms with Gasteiger partial charge in [-0.15, -0.1) is 0 Å². The highest BCUT2D eigenvalue weighted by molar-refractivity contribution is 9.10. The summed E-state index contributed by atoms with van der Waals surface area (Å²) in [6, 6.07) is 4.61. The molecule has 0 aliphatic heterocycles. The van der Waals surface area contributed by atoms with Gasteiger partial charge in [0.15, 0.2) is 0 Å². The maximum Gasteiger partial charge on any atom is 0.225 e. The molecule has 1 fully saturated rings. The summed E-state index contributed by atoms with van der Waals surface area (Å²) in [6.45, 7) is 5.38. The summed E-state index contributed by atoms with van der Waals surface area (Å²) in [5.41, 5.74) is 0.828. The normalized spacial score (nSPS) is 14.8. The second-order valence-electron chi connectivity index (χ2n) is 5.62. The summed E-state index contributed by atoms with van der Waals surface area (Å²) >= 11 is 3.42. The van der Waals surface area contributed by atoms with Crippen LogP contribution in [0.2, 0.25) is 0 Å². The Morgan fingerprint density at radius 3 is 2.74 bits per heavy atom. The Labute approximate surface area is 122 Å². The van der Waals surface area contributed by atoms with E-state index >= 15 is 0 Å². The van der Waals surface area contributed by atoms with Crippen LogP contribution in [0.25, 0.3) is 0 Å². The van der Waals surface area contributed by atoms with Gasteiger partial charge in [0.2, 0.25) is 5.91 Å². The molecule has 0 spiro atoms. The Balaban J connectivity index is 2.14. The number of benzene rings is 1. The molecule has 0 N–H and O–H groups in total. The molecule has 0 atom stereocenters. The quantitative estimate of drug-likeness (QED) is 0.800. The molecule has 0 heterocycles. The van der Waals surface area contributed by atoms with Gasteiger partial charge in [-0.2, -0.15) is 0 Å². The van der Waals surface area contributed by atoms with Crippen LogP contribution in [0.5, 0.6) is 0 Å². The minimum atomic E-state index is -0.262. The van der Waals surface area contributed by atoms with Crippen LogP contribution in [0.3, 0.4) is 0 Å². The van der Waals surface area contributed by atoms with E-state index in [-0.39, 0.29) is 17.6 Å². The van der Waals surface area contributed by atoms with Gasteiger partial charge in [0.1, 0.15) is 5.82 Å². The molecule has 0 saturated heterocycles. The molecule has 1 aliphatic rings. The maximum absolute atomic E-state index is 13.3. The summed E-state index contributed by atoms with van der Waals surface area (Å²) in [5, 5.41) is 0. The lowest BCUT2D eigenvalue weighted by atomic mass is 10.1. The van der Waals surface area contributed by atoms with Crippen LogP contribution in [-0.2, 0) is 11.3 Å². The SMILES string of the molecule is CC(C)CN(Cc1cc(F)ccc1Br)C(=O)C1CC1. The largest absolute Gasteiger partial charge is 0.338 e. The summed E-state index contributed by atoms with van der Waals surface area (Å²) < 4.78 is 14.2. The molecule has 0 unspecified atom stereocenters. The van der Waals surface area contributed by atoms with Crippen LogP contribution in [0, 0.1) is 17.7 Å². The van der Waals surface area contributed by atoms with E-state index in [1.165, 1.54) is 12.1 Å². The zero-order valence-corrected chi connectivity index (χ0v) is 12.9. The van der Waals surface area contributed by atoms with Crippen molar-refractivity contribution >= 4 is 21.8 Å². The van der Waals surface area contributed by atoms with Crippen LogP contribution in [-0.4, -0.2) is 17.4 Å². The number of carbonyl (C=O) groups excluding carboxylic acids is 1. The third-order valence-electron chi connectivity index (χ3n) is 3.19. The van der Waals surface area contributed by atoms with Gasteiger partial charge < -0.3 is 4.90 Å². The lowest BCUT2D eigenvalue weighted by molar-refractivity contribution is -0.133. The minimum absolute atomic E-state index is 0.200. The fraction of sp³-hybridized carbons (Fsp3) is 0.533. The van der Waals surface area contributed by atoms with Gasteiger partial charge in [-0.3, -0.25) is 4.79 Å². The highest BCUT2D eigenvalue weighted by Crippen LogP contribution is 2.32. The van der Waals surface area contributed by atoms with Crippen LogP contribution in [0.1, 0.15) is 32.3 Å². The molecule has 104 valence electrons. The van der Waals surface area contributed by atoms with E-state index in [1.807, 2.05) is 4.90 Å². The third kappa shape index (κ3) is 4.03. The first kappa shape index (κ1) is 14.5. The van der Waals surface area contributed by atoms with Gasteiger partial charge in [0.25, 0.3) is 0 Å². The first-order chi connectivity index (χ1) is 8.97. The third-order valence-corrected chi connectivity index (χ3v) is 3.97. The van der Waals surface area contributed by atoms with E-state index in [0.29, 0.717) is 12.5 Å². The Morgan fingerprint density at radius 1 is 1.47 bits per heavy atom. The van der Waals surface area contributed by atoms with Crippen molar-refractivity contribution in [3.05, 3.63) is 34.1 Å². The average Bonchev–Trinajstić information content (AvgIpc) is 3.15. The van der Waals surface area contributed by atoms with Crippen molar-refractivity contribution < 1.29 is 9.18 Å². The van der Waals surface area contributed by atoms with Gasteiger partial charge in [0, 0.05) is 23.5 Å². The minimum Gasteiger partial charge on any atom is -0.338 e. The number of nitrogens with zero attached hydrogens (tertiary/aromatic N) is 1. The van der Waals surface area contributed by atoms with Crippen LogP contribution in [0.15, 0.2) is 22.7 Å². The molecule has 2 nitrogen and oxygen atoms in total. The van der Waals surface area contributed by atoms with E-state index in [2.05, 4.69) is 29.8 Å². The van der Waals surface area contributed by atoms with Crippen molar-refractivity contribution in [2.24, 2.45) is 11.8 Å². The summed E-state index contributed by atoms with van der Waals surface area (Å²) in [4.78, 5) is 14.1. The summed E-state index contributed by atoms with van der Waals surface area (Å²) in [7, 11) is 0. The molecular formula is C15H19BrFNO. The molecule has 0 aromatic heterocycles. The first-order valence-corrected chi connectivity index (χ1v) is 7.49. The Kier molecular flexibility index (Phi) is 4.61. The predicted octanol–water partition coefficient (Wildman–Crippen LogP) is 3.98. The lowest BCUT2D eigenvalue weighted by Crippen LogP contribution is -2.34. The van der Waals surface area contributed by atoms with Gasteiger partial charge in [-0.25, -0.2) is 4.39 Å². The zero-order chi connectivity index (χ0) is 14.0. The Hall–Kier alpha value is -0.900. The molecular weight excluding hydrogens is 309 g/mol. The van der Waals surface area contributed by atoms with E-state index < -0.39 is 0 Å². The molecule has 19 heavy (non-hydrogen) atoms. The van der Waals surface area contributed by atoms with Crippen molar-refractivity contribution in [3.8, 4) is 0 Å². The van der Waals surface area contributed by atoms with Crippen LogP contribution < -0.4 is 0 Å². The van der Waals surface area contributed by atoms with Gasteiger partial charge in [-0.1, -0.05) is 29.8 Å². The topological polar surface area (TPSA) is 20.3 Å². The predicted molar refractivity (Wildman–Crippen MR) is 77.1 cm³/mol. The van der Waals surface area contributed by atoms with E-state index in [9.17, 15) is 9.18 Å². The zero-order valence-electron chi connectivity index (χ0n) is 11.3. The highest BCUT2D eigenvalue weighted by Gasteiger charge is 2.33. The number of rotatable bonds is 5. The van der Waals surface area contributed by atoms with Crippen molar-refractivity contribution in [1.82, 2.24) is 4.90 Å². The lowest BCUT2D eigenvalue weighted by Gasteiger charge is -2.25. The fourth-order valence-corrected chi connectivity index (χ4v) is 2.50. The van der Waals surface area contributed by atoms with Crippen LogP contribution >= 0.6 is 15.9 Å². The number of hydrogen-bond acceptors (Lipinski definition) is 1. The molecule has 0 radical (unpaired) electrons.